The van der Waals surface area contributed by atoms with E-state index in [1.54, 1.807) is 22.3 Å². The van der Waals surface area contributed by atoms with E-state index in [1.165, 1.54) is 4.88 Å². The van der Waals surface area contributed by atoms with Crippen LogP contribution in [0, 0.1) is 6.92 Å². The number of hydrogen-bond acceptors (Lipinski definition) is 7. The number of pyridine rings is 1. The number of rotatable bonds is 10. The van der Waals surface area contributed by atoms with Crippen molar-refractivity contribution in [2.24, 2.45) is 0 Å². The van der Waals surface area contributed by atoms with Crippen molar-refractivity contribution in [1.29, 1.82) is 0 Å². The summed E-state index contributed by atoms with van der Waals surface area (Å²) in [5.41, 5.74) is 2.61. The highest BCUT2D eigenvalue weighted by Crippen LogP contribution is 2.29. The number of H-pyrrole nitrogens is 1. The van der Waals surface area contributed by atoms with Crippen LogP contribution in [0.1, 0.15) is 53.4 Å². The van der Waals surface area contributed by atoms with E-state index in [-0.39, 0.29) is 11.6 Å². The van der Waals surface area contributed by atoms with Crippen LogP contribution in [-0.4, -0.2) is 30.1 Å². The summed E-state index contributed by atoms with van der Waals surface area (Å²) < 4.78 is 7.34. The van der Waals surface area contributed by atoms with E-state index in [0.29, 0.717) is 19.6 Å². The maximum atomic E-state index is 13.1. The summed E-state index contributed by atoms with van der Waals surface area (Å²) in [6.45, 7) is 5.80. The van der Waals surface area contributed by atoms with Gasteiger partial charge in [-0.05, 0) is 64.4 Å². The predicted octanol–water partition coefficient (Wildman–Crippen LogP) is 5.07. The maximum Gasteiger partial charge on any atom is 0.252 e. The molecule has 0 unspecified atom stereocenters. The van der Waals surface area contributed by atoms with Crippen LogP contribution < -0.4 is 5.56 Å². The molecule has 0 bridgehead atoms. The van der Waals surface area contributed by atoms with Gasteiger partial charge in [-0.2, -0.15) is 0 Å². The molecule has 9 heteroatoms. The molecule has 1 N–H and O–H groups in total. The van der Waals surface area contributed by atoms with Crippen LogP contribution in [0.15, 0.2) is 69.4 Å². The molecule has 0 aliphatic carbocycles. The van der Waals surface area contributed by atoms with Gasteiger partial charge in [-0.15, -0.1) is 16.4 Å². The summed E-state index contributed by atoms with van der Waals surface area (Å²) in [7, 11) is 0. The third-order valence-corrected chi connectivity index (χ3v) is 7.08. The molecule has 1 atom stereocenters. The topological polar surface area (TPSA) is 92.8 Å². The van der Waals surface area contributed by atoms with Crippen molar-refractivity contribution < 1.29 is 4.42 Å². The lowest BCUT2D eigenvalue weighted by Crippen LogP contribution is -2.32. The van der Waals surface area contributed by atoms with Gasteiger partial charge in [-0.1, -0.05) is 37.6 Å². The van der Waals surface area contributed by atoms with E-state index in [9.17, 15) is 4.79 Å². The van der Waals surface area contributed by atoms with E-state index in [2.05, 4.69) is 49.8 Å². The van der Waals surface area contributed by atoms with E-state index < -0.39 is 0 Å². The summed E-state index contributed by atoms with van der Waals surface area (Å²) in [6, 6.07) is 16.0. The average Bonchev–Trinajstić information content (AvgIpc) is 3.63. The highest BCUT2D eigenvalue weighted by molar-refractivity contribution is 7.09. The minimum Gasteiger partial charge on any atom is -0.467 e. The lowest BCUT2D eigenvalue weighted by atomic mass is 10.1. The Balaban J connectivity index is 1.53. The largest absolute Gasteiger partial charge is 0.467 e. The third kappa shape index (κ3) is 5.11. The van der Waals surface area contributed by atoms with E-state index in [0.717, 1.165) is 46.5 Å². The minimum absolute atomic E-state index is 0.0617. The van der Waals surface area contributed by atoms with Crippen molar-refractivity contribution in [3.8, 4) is 0 Å². The second-order valence-electron chi connectivity index (χ2n) is 8.73. The second-order valence-corrected chi connectivity index (χ2v) is 9.76. The third-order valence-electron chi connectivity index (χ3n) is 6.22. The fourth-order valence-corrected chi connectivity index (χ4v) is 5.23. The van der Waals surface area contributed by atoms with Crippen LogP contribution in [0.5, 0.6) is 0 Å². The minimum atomic E-state index is -0.0698. The Morgan fingerprint density at radius 3 is 2.86 bits per heavy atom. The van der Waals surface area contributed by atoms with E-state index >= 15 is 0 Å². The van der Waals surface area contributed by atoms with Crippen LogP contribution in [-0.2, 0) is 19.6 Å². The molecule has 0 fully saturated rings. The van der Waals surface area contributed by atoms with Crippen molar-refractivity contribution in [2.45, 2.75) is 52.4 Å². The van der Waals surface area contributed by atoms with Crippen molar-refractivity contribution in [2.75, 3.05) is 0 Å². The van der Waals surface area contributed by atoms with E-state index in [1.807, 2.05) is 43.3 Å². The molecule has 0 saturated carbocycles. The Bertz CT molecular complexity index is 1440. The first-order chi connectivity index (χ1) is 17.1. The number of tetrazole rings is 1. The normalized spacial score (nSPS) is 12.5. The van der Waals surface area contributed by atoms with Crippen LogP contribution >= 0.6 is 11.3 Å². The number of benzene rings is 1. The summed E-state index contributed by atoms with van der Waals surface area (Å²) in [6.07, 6.45) is 3.46. The standard InChI is InChI=1S/C26H28N6O2S/c1-3-7-23(25-28-29-30-32(25)16-21-10-5-12-34-21)31(17-22-11-6-13-35-22)15-20-14-19-9-4-8-18(2)24(19)27-26(20)33/h4-6,8-14,23H,3,7,15-17H2,1-2H3,(H,27,33)/t23-/m1/s1. The number of aromatic nitrogens is 5. The van der Waals surface area contributed by atoms with Gasteiger partial charge in [0, 0.05) is 23.5 Å². The Kier molecular flexibility index (Phi) is 6.87. The SMILES string of the molecule is CCC[C@H](c1nnnn1Cc1ccco1)N(Cc1cccs1)Cc1cc2cccc(C)c2[nH]c1=O. The van der Waals surface area contributed by atoms with Crippen LogP contribution in [0.2, 0.25) is 0 Å². The maximum absolute atomic E-state index is 13.1. The molecular weight excluding hydrogens is 460 g/mol. The van der Waals surface area contributed by atoms with Crippen molar-refractivity contribution in [3.63, 3.8) is 0 Å². The molecule has 0 aliphatic heterocycles. The number of furan rings is 1. The van der Waals surface area contributed by atoms with Gasteiger partial charge in [0.25, 0.3) is 5.56 Å². The highest BCUT2D eigenvalue weighted by atomic mass is 32.1. The van der Waals surface area contributed by atoms with E-state index in [4.69, 9.17) is 4.42 Å². The molecule has 35 heavy (non-hydrogen) atoms. The molecule has 0 aliphatic rings. The molecule has 0 saturated heterocycles. The first-order valence-corrected chi connectivity index (χ1v) is 12.7. The van der Waals surface area contributed by atoms with Crippen LogP contribution in [0.25, 0.3) is 10.9 Å². The van der Waals surface area contributed by atoms with Gasteiger partial charge < -0.3 is 9.40 Å². The lowest BCUT2D eigenvalue weighted by molar-refractivity contribution is 0.157. The smallest absolute Gasteiger partial charge is 0.252 e. The fraction of sp³-hybridized carbons (Fsp3) is 0.308. The van der Waals surface area contributed by atoms with Crippen molar-refractivity contribution in [3.05, 3.63) is 98.1 Å². The average molecular weight is 489 g/mol. The van der Waals surface area contributed by atoms with Gasteiger partial charge in [0.2, 0.25) is 0 Å². The predicted molar refractivity (Wildman–Crippen MR) is 136 cm³/mol. The van der Waals surface area contributed by atoms with Crippen molar-refractivity contribution >= 4 is 22.2 Å². The number of aryl methyl sites for hydroxylation is 1. The van der Waals surface area contributed by atoms with Gasteiger partial charge in [-0.3, -0.25) is 9.69 Å². The van der Waals surface area contributed by atoms with Crippen molar-refractivity contribution in [1.82, 2.24) is 30.1 Å². The Hall–Kier alpha value is -3.56. The molecule has 8 nitrogen and oxygen atoms in total. The lowest BCUT2D eigenvalue weighted by Gasteiger charge is -2.30. The number of aromatic amines is 1. The number of nitrogens with one attached hydrogen (secondary N) is 1. The van der Waals surface area contributed by atoms with Crippen LogP contribution in [0.4, 0.5) is 0 Å². The molecule has 0 spiro atoms. The number of fused-ring (bicyclic) bond motifs is 1. The molecule has 1 aromatic carbocycles. The molecule has 180 valence electrons. The van der Waals surface area contributed by atoms with Gasteiger partial charge in [0.15, 0.2) is 5.82 Å². The second kappa shape index (κ2) is 10.4. The van der Waals surface area contributed by atoms with Gasteiger partial charge in [0.05, 0.1) is 17.8 Å². The fourth-order valence-electron chi connectivity index (χ4n) is 4.51. The first kappa shape index (κ1) is 23.2. The zero-order valence-corrected chi connectivity index (χ0v) is 20.7. The molecule has 5 rings (SSSR count). The Labute approximate surface area is 207 Å². The zero-order valence-electron chi connectivity index (χ0n) is 19.8. The number of hydrogen-bond donors (Lipinski definition) is 1. The monoisotopic (exact) mass is 488 g/mol. The molecular formula is C26H28N6O2S. The number of nitrogens with zero attached hydrogens (tertiary/aromatic N) is 5. The van der Waals surface area contributed by atoms with Crippen LogP contribution in [0.3, 0.4) is 0 Å². The summed E-state index contributed by atoms with van der Waals surface area (Å²) >= 11 is 1.71. The van der Waals surface area contributed by atoms with Gasteiger partial charge in [-0.25, -0.2) is 4.68 Å². The summed E-state index contributed by atoms with van der Waals surface area (Å²) in [5.74, 6) is 1.56. The quantitative estimate of drug-likeness (QED) is 0.295. The Morgan fingerprint density at radius 2 is 2.09 bits per heavy atom. The summed E-state index contributed by atoms with van der Waals surface area (Å²) in [4.78, 5) is 19.8. The molecule has 0 radical (unpaired) electrons. The molecule has 0 amide bonds. The zero-order chi connectivity index (χ0) is 24.2. The highest BCUT2D eigenvalue weighted by Gasteiger charge is 2.27. The Morgan fingerprint density at radius 1 is 1.17 bits per heavy atom. The number of para-hydroxylation sites is 1. The molecule has 4 heterocycles. The molecule has 4 aromatic heterocycles. The first-order valence-electron chi connectivity index (χ1n) is 11.8. The van der Waals surface area contributed by atoms with Gasteiger partial charge >= 0.3 is 0 Å². The van der Waals surface area contributed by atoms with Gasteiger partial charge in [0.1, 0.15) is 12.3 Å². The number of thiophene rings is 1. The summed E-state index contributed by atoms with van der Waals surface area (Å²) in [5, 5.41) is 15.8. The molecule has 5 aromatic rings.